The number of aryl methyl sites for hydroxylation is 1. The van der Waals surface area contributed by atoms with Crippen LogP contribution < -0.4 is 5.32 Å². The van der Waals surface area contributed by atoms with Gasteiger partial charge in [0.15, 0.2) is 0 Å². The van der Waals surface area contributed by atoms with E-state index < -0.39 is 0 Å². The van der Waals surface area contributed by atoms with Crippen LogP contribution in [0.4, 0.5) is 0 Å². The molecule has 2 heterocycles. The second-order valence-electron chi connectivity index (χ2n) is 5.91. The molecule has 0 saturated heterocycles. The van der Waals surface area contributed by atoms with Gasteiger partial charge in [0.05, 0.1) is 24.9 Å². The number of aromatic nitrogens is 5. The minimum absolute atomic E-state index is 0.00808. The van der Waals surface area contributed by atoms with Crippen LogP contribution in [0, 0.1) is 0 Å². The molecule has 0 unspecified atom stereocenters. The smallest absolute Gasteiger partial charge is 0.272 e. The highest BCUT2D eigenvalue weighted by Crippen LogP contribution is 2.28. The van der Waals surface area contributed by atoms with Crippen LogP contribution in [0.2, 0.25) is 0 Å². The Hall–Kier alpha value is -2.22. The van der Waals surface area contributed by atoms with Gasteiger partial charge >= 0.3 is 0 Å². The number of aliphatic hydroxyl groups excluding tert-OH is 1. The third-order valence-corrected chi connectivity index (χ3v) is 4.35. The number of amides is 1. The lowest BCUT2D eigenvalue weighted by Gasteiger charge is -2.31. The molecule has 0 aliphatic heterocycles. The molecule has 1 saturated carbocycles. The summed E-state index contributed by atoms with van der Waals surface area (Å²) in [7, 11) is 0. The van der Waals surface area contributed by atoms with Crippen molar-refractivity contribution in [2.75, 3.05) is 0 Å². The van der Waals surface area contributed by atoms with Gasteiger partial charge in [0.25, 0.3) is 5.91 Å². The quantitative estimate of drug-likeness (QED) is 0.761. The number of hydrogen-bond acceptors (Lipinski definition) is 5. The summed E-state index contributed by atoms with van der Waals surface area (Å²) in [6, 6.07) is 1.84. The fraction of sp³-hybridized carbons (Fsp3) is 0.600. The van der Waals surface area contributed by atoms with E-state index in [2.05, 4.69) is 25.8 Å². The van der Waals surface area contributed by atoms with E-state index in [1.807, 2.05) is 6.92 Å². The van der Waals surface area contributed by atoms with Crippen molar-refractivity contribution in [1.82, 2.24) is 30.5 Å². The monoisotopic (exact) mass is 318 g/mol. The van der Waals surface area contributed by atoms with Crippen LogP contribution in [-0.4, -0.2) is 42.2 Å². The van der Waals surface area contributed by atoms with Crippen LogP contribution in [0.25, 0.3) is 0 Å². The molecule has 1 fully saturated rings. The standard InChI is InChI=1S/C15H22N6O2/c1-2-10-7-13(19-17-10)15(23)16-12-5-3-4-6-14(12)21-8-11(9-22)18-20-21/h7-8,12,14,22H,2-6,9H2,1H3,(H,16,23)(H,17,19)/t12-,14+/m0/s1. The molecule has 1 aliphatic rings. The number of H-pyrrole nitrogens is 1. The Balaban J connectivity index is 1.72. The van der Waals surface area contributed by atoms with Crippen molar-refractivity contribution in [2.45, 2.75) is 57.7 Å². The molecular weight excluding hydrogens is 296 g/mol. The summed E-state index contributed by atoms with van der Waals surface area (Å²) in [4.78, 5) is 12.4. The minimum Gasteiger partial charge on any atom is -0.390 e. The molecule has 0 spiro atoms. The van der Waals surface area contributed by atoms with E-state index in [1.54, 1.807) is 16.9 Å². The first-order chi connectivity index (χ1) is 11.2. The van der Waals surface area contributed by atoms with Crippen molar-refractivity contribution < 1.29 is 9.90 Å². The highest BCUT2D eigenvalue weighted by molar-refractivity contribution is 5.92. The van der Waals surface area contributed by atoms with E-state index in [0.29, 0.717) is 11.4 Å². The second-order valence-corrected chi connectivity index (χ2v) is 5.91. The van der Waals surface area contributed by atoms with E-state index in [-0.39, 0.29) is 24.6 Å². The lowest BCUT2D eigenvalue weighted by atomic mass is 9.90. The Labute approximate surface area is 134 Å². The average molecular weight is 318 g/mol. The van der Waals surface area contributed by atoms with E-state index >= 15 is 0 Å². The molecule has 8 heteroatoms. The van der Waals surface area contributed by atoms with Gasteiger partial charge in [-0.15, -0.1) is 5.10 Å². The van der Waals surface area contributed by atoms with Crippen LogP contribution in [0.5, 0.6) is 0 Å². The maximum atomic E-state index is 12.4. The number of rotatable bonds is 5. The van der Waals surface area contributed by atoms with E-state index in [9.17, 15) is 4.79 Å². The molecule has 8 nitrogen and oxygen atoms in total. The van der Waals surface area contributed by atoms with Crippen molar-refractivity contribution in [2.24, 2.45) is 0 Å². The molecule has 0 bridgehead atoms. The van der Waals surface area contributed by atoms with Gasteiger partial charge in [-0.25, -0.2) is 4.68 Å². The summed E-state index contributed by atoms with van der Waals surface area (Å²) < 4.78 is 1.76. The van der Waals surface area contributed by atoms with Crippen LogP contribution in [-0.2, 0) is 13.0 Å². The minimum atomic E-state index is -0.166. The molecule has 2 atom stereocenters. The molecule has 2 aromatic rings. The number of carbonyl (C=O) groups excluding carboxylic acids is 1. The molecule has 1 amide bonds. The first-order valence-electron chi connectivity index (χ1n) is 8.08. The van der Waals surface area contributed by atoms with E-state index in [0.717, 1.165) is 37.8 Å². The van der Waals surface area contributed by atoms with Crippen molar-refractivity contribution in [3.63, 3.8) is 0 Å². The summed E-state index contributed by atoms with van der Waals surface area (Å²) in [5.74, 6) is -0.166. The van der Waals surface area contributed by atoms with Gasteiger partial charge in [0.1, 0.15) is 11.4 Å². The fourth-order valence-corrected chi connectivity index (χ4v) is 3.05. The van der Waals surface area contributed by atoms with Gasteiger partial charge in [-0.2, -0.15) is 5.10 Å². The van der Waals surface area contributed by atoms with Gasteiger partial charge in [0.2, 0.25) is 0 Å². The number of aliphatic hydroxyl groups is 1. The predicted molar refractivity (Wildman–Crippen MR) is 82.7 cm³/mol. The molecular formula is C15H22N6O2. The zero-order valence-electron chi connectivity index (χ0n) is 13.2. The lowest BCUT2D eigenvalue weighted by molar-refractivity contribution is 0.0899. The number of aromatic amines is 1. The Morgan fingerprint density at radius 1 is 1.48 bits per heavy atom. The highest BCUT2D eigenvalue weighted by Gasteiger charge is 2.29. The van der Waals surface area contributed by atoms with Crippen LogP contribution >= 0.6 is 0 Å². The van der Waals surface area contributed by atoms with Crippen molar-refractivity contribution in [3.8, 4) is 0 Å². The van der Waals surface area contributed by atoms with Crippen LogP contribution in [0.1, 0.15) is 60.5 Å². The van der Waals surface area contributed by atoms with Gasteiger partial charge in [0, 0.05) is 5.69 Å². The molecule has 1 aliphatic carbocycles. The second kappa shape index (κ2) is 6.91. The zero-order valence-corrected chi connectivity index (χ0v) is 13.2. The van der Waals surface area contributed by atoms with E-state index in [4.69, 9.17) is 5.11 Å². The third-order valence-electron chi connectivity index (χ3n) is 4.35. The number of carbonyl (C=O) groups is 1. The molecule has 23 heavy (non-hydrogen) atoms. The summed E-state index contributed by atoms with van der Waals surface area (Å²) >= 11 is 0. The van der Waals surface area contributed by atoms with Crippen LogP contribution in [0.15, 0.2) is 12.3 Å². The fourth-order valence-electron chi connectivity index (χ4n) is 3.05. The SMILES string of the molecule is CCc1cc(C(=O)N[C@H]2CCCC[C@H]2n2cc(CO)nn2)n[nH]1. The Bertz CT molecular complexity index is 664. The first-order valence-corrected chi connectivity index (χ1v) is 8.08. The lowest BCUT2D eigenvalue weighted by Crippen LogP contribution is -2.43. The molecule has 2 aromatic heterocycles. The maximum absolute atomic E-state index is 12.4. The Morgan fingerprint density at radius 3 is 3.00 bits per heavy atom. The van der Waals surface area contributed by atoms with Gasteiger partial charge in [-0.3, -0.25) is 9.89 Å². The predicted octanol–water partition coefficient (Wildman–Crippen LogP) is 0.970. The Morgan fingerprint density at radius 2 is 2.30 bits per heavy atom. The third kappa shape index (κ3) is 3.42. The first kappa shape index (κ1) is 15.7. The number of hydrogen-bond donors (Lipinski definition) is 3. The van der Waals surface area contributed by atoms with Crippen molar-refractivity contribution in [3.05, 3.63) is 29.3 Å². The summed E-state index contributed by atoms with van der Waals surface area (Å²) in [5.41, 5.74) is 1.90. The van der Waals surface area contributed by atoms with E-state index in [1.165, 1.54) is 0 Å². The normalized spacial score (nSPS) is 21.3. The highest BCUT2D eigenvalue weighted by atomic mass is 16.3. The number of nitrogens with one attached hydrogen (secondary N) is 2. The maximum Gasteiger partial charge on any atom is 0.272 e. The molecule has 0 aromatic carbocycles. The van der Waals surface area contributed by atoms with Crippen LogP contribution in [0.3, 0.4) is 0 Å². The summed E-state index contributed by atoms with van der Waals surface area (Å²) in [5, 5.41) is 27.2. The largest absolute Gasteiger partial charge is 0.390 e. The molecule has 124 valence electrons. The topological polar surface area (TPSA) is 109 Å². The Kier molecular flexibility index (Phi) is 4.71. The molecule has 0 radical (unpaired) electrons. The summed E-state index contributed by atoms with van der Waals surface area (Å²) in [6.45, 7) is 1.88. The van der Waals surface area contributed by atoms with Gasteiger partial charge < -0.3 is 10.4 Å². The summed E-state index contributed by atoms with van der Waals surface area (Å²) in [6.07, 6.45) is 6.56. The molecule has 3 rings (SSSR count). The van der Waals surface area contributed by atoms with Crippen molar-refractivity contribution >= 4 is 5.91 Å². The van der Waals surface area contributed by atoms with Crippen molar-refractivity contribution in [1.29, 1.82) is 0 Å². The molecule has 3 N–H and O–H groups in total. The number of nitrogens with zero attached hydrogens (tertiary/aromatic N) is 4. The zero-order chi connectivity index (χ0) is 16.2. The van der Waals surface area contributed by atoms with Gasteiger partial charge in [-0.05, 0) is 25.3 Å². The van der Waals surface area contributed by atoms with Gasteiger partial charge in [-0.1, -0.05) is 25.0 Å². The average Bonchev–Trinajstić information content (AvgIpc) is 3.24.